The van der Waals surface area contributed by atoms with Crippen LogP contribution in [0.3, 0.4) is 0 Å². The molecule has 0 amide bonds. The third-order valence-corrected chi connectivity index (χ3v) is 3.95. The molecule has 1 atom stereocenters. The van der Waals surface area contributed by atoms with Crippen LogP contribution < -0.4 is 0 Å². The highest BCUT2D eigenvalue weighted by Gasteiger charge is 2.33. The summed E-state index contributed by atoms with van der Waals surface area (Å²) in [6, 6.07) is 7.55. The van der Waals surface area contributed by atoms with E-state index < -0.39 is 23.5 Å². The zero-order valence-electron chi connectivity index (χ0n) is 11.5. The molecule has 2 aromatic rings. The van der Waals surface area contributed by atoms with Crippen molar-refractivity contribution in [3.05, 3.63) is 58.7 Å². The predicted molar refractivity (Wildman–Crippen MR) is 74.0 cm³/mol. The number of nitrogens with zero attached hydrogens (tertiary/aromatic N) is 1. The summed E-state index contributed by atoms with van der Waals surface area (Å²) in [4.78, 5) is 23.8. The molecule has 1 aromatic heterocycles. The smallest absolute Gasteiger partial charge is 0.312 e. The minimum Gasteiger partial charge on any atom is -0.481 e. The van der Waals surface area contributed by atoms with Gasteiger partial charge in [0, 0.05) is 12.2 Å². The van der Waals surface area contributed by atoms with E-state index in [9.17, 15) is 19.1 Å². The monoisotopic (exact) mass is 287 g/mol. The molecule has 0 fully saturated rings. The SMILES string of the molecule is Cc1cc2n(c1C(=O)c1ccccc1F)CCC2C(=O)O. The van der Waals surface area contributed by atoms with E-state index in [1.54, 1.807) is 23.6 Å². The number of carboxylic acids is 1. The van der Waals surface area contributed by atoms with Gasteiger partial charge in [0.2, 0.25) is 5.78 Å². The third kappa shape index (κ3) is 2.05. The van der Waals surface area contributed by atoms with Gasteiger partial charge >= 0.3 is 5.97 Å². The normalized spacial score (nSPS) is 16.8. The Morgan fingerprint density at radius 3 is 2.71 bits per heavy atom. The van der Waals surface area contributed by atoms with Crippen molar-refractivity contribution in [3.8, 4) is 0 Å². The molecule has 108 valence electrons. The van der Waals surface area contributed by atoms with E-state index in [2.05, 4.69) is 0 Å². The van der Waals surface area contributed by atoms with Crippen LogP contribution in [0.5, 0.6) is 0 Å². The van der Waals surface area contributed by atoms with Crippen LogP contribution in [0.1, 0.15) is 39.6 Å². The quantitative estimate of drug-likeness (QED) is 0.883. The zero-order valence-corrected chi connectivity index (χ0v) is 11.5. The molecule has 1 N–H and O–H groups in total. The average Bonchev–Trinajstić information content (AvgIpc) is 2.96. The van der Waals surface area contributed by atoms with Crippen LogP contribution in [-0.2, 0) is 11.3 Å². The van der Waals surface area contributed by atoms with Crippen LogP contribution >= 0.6 is 0 Å². The molecular formula is C16H14FNO3. The maximum Gasteiger partial charge on any atom is 0.312 e. The molecule has 1 unspecified atom stereocenters. The van der Waals surface area contributed by atoms with Gasteiger partial charge in [-0.3, -0.25) is 9.59 Å². The van der Waals surface area contributed by atoms with Crippen LogP contribution in [0.25, 0.3) is 0 Å². The Labute approximate surface area is 120 Å². The second kappa shape index (κ2) is 4.84. The maximum atomic E-state index is 13.8. The van der Waals surface area contributed by atoms with Crippen LogP contribution in [0.15, 0.2) is 30.3 Å². The summed E-state index contributed by atoms with van der Waals surface area (Å²) in [5.74, 6) is -2.45. The van der Waals surface area contributed by atoms with Gasteiger partial charge in [-0.15, -0.1) is 0 Å². The molecule has 0 bridgehead atoms. The van der Waals surface area contributed by atoms with Crippen LogP contribution in [0.2, 0.25) is 0 Å². The van der Waals surface area contributed by atoms with Gasteiger partial charge < -0.3 is 9.67 Å². The minimum atomic E-state index is -0.892. The first-order valence-electron chi connectivity index (χ1n) is 6.72. The van der Waals surface area contributed by atoms with Gasteiger partial charge in [0.05, 0.1) is 17.2 Å². The zero-order chi connectivity index (χ0) is 15.1. The fraction of sp³-hybridized carbons (Fsp3) is 0.250. The summed E-state index contributed by atoms with van der Waals surface area (Å²) >= 11 is 0. The number of carbonyl (C=O) groups excluding carboxylic acids is 1. The van der Waals surface area contributed by atoms with Crippen molar-refractivity contribution < 1.29 is 19.1 Å². The van der Waals surface area contributed by atoms with Gasteiger partial charge in [-0.2, -0.15) is 0 Å². The number of aliphatic carboxylic acids is 1. The number of benzene rings is 1. The molecule has 0 radical (unpaired) electrons. The van der Waals surface area contributed by atoms with Crippen molar-refractivity contribution in [1.82, 2.24) is 4.57 Å². The highest BCUT2D eigenvalue weighted by Crippen LogP contribution is 2.33. The maximum absolute atomic E-state index is 13.8. The second-order valence-corrected chi connectivity index (χ2v) is 5.24. The van der Waals surface area contributed by atoms with E-state index in [4.69, 9.17) is 0 Å². The number of ketones is 1. The molecule has 1 aliphatic rings. The molecular weight excluding hydrogens is 273 g/mol. The Morgan fingerprint density at radius 1 is 1.33 bits per heavy atom. The Bertz CT molecular complexity index is 748. The van der Waals surface area contributed by atoms with Gasteiger partial charge in [0.15, 0.2) is 0 Å². The van der Waals surface area contributed by atoms with Crippen LogP contribution in [0.4, 0.5) is 4.39 Å². The number of hydrogen-bond acceptors (Lipinski definition) is 2. The molecule has 1 aromatic carbocycles. The summed E-state index contributed by atoms with van der Waals surface area (Å²) < 4.78 is 15.5. The molecule has 0 saturated carbocycles. The molecule has 0 saturated heterocycles. The lowest BCUT2D eigenvalue weighted by molar-refractivity contribution is -0.138. The van der Waals surface area contributed by atoms with Crippen molar-refractivity contribution in [2.45, 2.75) is 25.8 Å². The van der Waals surface area contributed by atoms with Crippen LogP contribution in [-0.4, -0.2) is 21.4 Å². The predicted octanol–water partition coefficient (Wildman–Crippen LogP) is 2.74. The molecule has 5 heteroatoms. The van der Waals surface area contributed by atoms with Crippen LogP contribution in [0, 0.1) is 12.7 Å². The van der Waals surface area contributed by atoms with Gasteiger partial charge in [0.1, 0.15) is 5.82 Å². The Morgan fingerprint density at radius 2 is 2.05 bits per heavy atom. The lowest BCUT2D eigenvalue weighted by atomic mass is 10.0. The van der Waals surface area contributed by atoms with Gasteiger partial charge in [-0.05, 0) is 37.1 Å². The largest absolute Gasteiger partial charge is 0.481 e. The van der Waals surface area contributed by atoms with Crippen molar-refractivity contribution in [1.29, 1.82) is 0 Å². The Kier molecular flexibility index (Phi) is 3.12. The number of aromatic nitrogens is 1. The summed E-state index contributed by atoms with van der Waals surface area (Å²) in [6.45, 7) is 2.22. The first-order chi connectivity index (χ1) is 10.0. The van der Waals surface area contributed by atoms with E-state index in [0.29, 0.717) is 29.9 Å². The lowest BCUT2D eigenvalue weighted by Crippen LogP contribution is -2.12. The van der Waals surface area contributed by atoms with Crippen molar-refractivity contribution in [3.63, 3.8) is 0 Å². The number of hydrogen-bond donors (Lipinski definition) is 1. The highest BCUT2D eigenvalue weighted by atomic mass is 19.1. The highest BCUT2D eigenvalue weighted by molar-refractivity contribution is 6.09. The minimum absolute atomic E-state index is 0.0141. The molecule has 4 nitrogen and oxygen atoms in total. The van der Waals surface area contributed by atoms with E-state index >= 15 is 0 Å². The Hall–Kier alpha value is -2.43. The first kappa shape index (κ1) is 13.5. The molecule has 2 heterocycles. The molecule has 0 aliphatic carbocycles. The van der Waals surface area contributed by atoms with Crippen molar-refractivity contribution >= 4 is 11.8 Å². The fourth-order valence-electron chi connectivity index (χ4n) is 2.97. The standard InChI is InChI=1S/C16H14FNO3/c1-9-8-13-11(16(20)21)6-7-18(13)14(9)15(19)10-4-2-3-5-12(10)17/h2-5,8,11H,6-7H2,1H3,(H,20,21). The second-order valence-electron chi connectivity index (χ2n) is 5.24. The number of rotatable bonds is 3. The molecule has 3 rings (SSSR count). The summed E-state index contributed by atoms with van der Waals surface area (Å²) in [5.41, 5.74) is 1.71. The van der Waals surface area contributed by atoms with E-state index in [1.165, 1.54) is 18.2 Å². The Balaban J connectivity index is 2.09. The van der Waals surface area contributed by atoms with Gasteiger partial charge in [-0.1, -0.05) is 12.1 Å². The van der Waals surface area contributed by atoms with Gasteiger partial charge in [0.25, 0.3) is 0 Å². The molecule has 21 heavy (non-hydrogen) atoms. The van der Waals surface area contributed by atoms with Gasteiger partial charge in [-0.25, -0.2) is 4.39 Å². The summed E-state index contributed by atoms with van der Waals surface area (Å²) in [6.07, 6.45) is 0.461. The number of aryl methyl sites for hydroxylation is 1. The van der Waals surface area contributed by atoms with Crippen molar-refractivity contribution in [2.75, 3.05) is 0 Å². The third-order valence-electron chi connectivity index (χ3n) is 3.95. The molecule has 0 spiro atoms. The summed E-state index contributed by atoms with van der Waals surface area (Å²) in [5, 5.41) is 9.20. The number of halogens is 1. The number of fused-ring (bicyclic) bond motifs is 1. The number of carbonyl (C=O) groups is 2. The molecule has 1 aliphatic heterocycles. The lowest BCUT2D eigenvalue weighted by Gasteiger charge is -2.07. The summed E-state index contributed by atoms with van der Waals surface area (Å²) in [7, 11) is 0. The van der Waals surface area contributed by atoms with E-state index in [-0.39, 0.29) is 5.56 Å². The van der Waals surface area contributed by atoms with Crippen molar-refractivity contribution in [2.24, 2.45) is 0 Å². The average molecular weight is 287 g/mol. The first-order valence-corrected chi connectivity index (χ1v) is 6.72. The fourth-order valence-corrected chi connectivity index (χ4v) is 2.97. The van der Waals surface area contributed by atoms with E-state index in [1.807, 2.05) is 0 Å². The topological polar surface area (TPSA) is 59.3 Å². The number of carboxylic acid groups (broad SMARTS) is 1. The van der Waals surface area contributed by atoms with E-state index in [0.717, 1.165) is 0 Å².